The first kappa shape index (κ1) is 51.2. The van der Waals surface area contributed by atoms with Gasteiger partial charge in [0, 0.05) is 0 Å². The molecule has 0 saturated heterocycles. The maximum absolute atomic E-state index is 3.06. The first-order valence-corrected chi connectivity index (χ1v) is 28.5. The van der Waals surface area contributed by atoms with Gasteiger partial charge < -0.3 is 14.9 Å². The number of aryl methyl sites for hydroxylation is 2. The van der Waals surface area contributed by atoms with Gasteiger partial charge in [-0.25, -0.2) is 0 Å². The molecule has 0 N–H and O–H groups in total. The summed E-state index contributed by atoms with van der Waals surface area (Å²) >= 11 is 1.36. The van der Waals surface area contributed by atoms with Crippen LogP contribution in [0.2, 0.25) is 0 Å². The van der Waals surface area contributed by atoms with E-state index in [0.717, 1.165) is 59.2 Å². The summed E-state index contributed by atoms with van der Waals surface area (Å²) in [4.78, 5) is 0. The van der Waals surface area contributed by atoms with E-state index in [1.165, 1.54) is 168 Å². The van der Waals surface area contributed by atoms with Crippen molar-refractivity contribution in [2.75, 3.05) is 0 Å². The van der Waals surface area contributed by atoms with Crippen molar-refractivity contribution in [3.05, 3.63) is 146 Å². The van der Waals surface area contributed by atoms with E-state index in [0.29, 0.717) is 0 Å². The van der Waals surface area contributed by atoms with Gasteiger partial charge in [-0.3, -0.25) is 0 Å². The van der Waals surface area contributed by atoms with E-state index >= 15 is 0 Å². The number of fused-ring (bicyclic) bond motifs is 2. The van der Waals surface area contributed by atoms with Crippen molar-refractivity contribution in [2.45, 2.75) is 117 Å². The maximum atomic E-state index is 3.06. The van der Waals surface area contributed by atoms with Gasteiger partial charge in [0.05, 0.1) is 0 Å². The summed E-state index contributed by atoms with van der Waals surface area (Å²) in [6.07, 6.45) is 22.8. The fourth-order valence-corrected chi connectivity index (χ4v) is 14.9. The summed E-state index contributed by atoms with van der Waals surface area (Å²) in [5.74, 6) is 10.3. The Bertz CT molecular complexity index is 2160. The predicted molar refractivity (Wildman–Crippen MR) is 279 cm³/mol. The quantitative estimate of drug-likeness (QED) is 0.0948. The number of rotatable bonds is 10. The Kier molecular flexibility index (Phi) is 18.2. The van der Waals surface area contributed by atoms with Crippen LogP contribution in [-0.2, 0) is 49.0 Å². The average molecular weight is 985 g/mol. The van der Waals surface area contributed by atoms with Crippen LogP contribution in [0.25, 0.3) is 43.8 Å². The van der Waals surface area contributed by atoms with Crippen LogP contribution in [-0.4, -0.2) is 6.88 Å². The van der Waals surface area contributed by atoms with Crippen LogP contribution in [0.3, 0.4) is 0 Å². The fraction of sp³-hybridized carbons (Fsp3) is 0.467. The molecule has 0 unspecified atom stereocenters. The second-order valence-electron chi connectivity index (χ2n) is 20.8. The van der Waals surface area contributed by atoms with Gasteiger partial charge >= 0.3 is 30.2 Å². The van der Waals surface area contributed by atoms with Crippen molar-refractivity contribution in [2.24, 2.45) is 59.2 Å². The molecule has 0 atom stereocenters. The third-order valence-electron chi connectivity index (χ3n) is 17.0. The molecule has 0 amide bonds. The molecular formula is C60H74Cl2SiZr-4. The average Bonchev–Trinajstić information content (AvgIpc) is 3.88. The third kappa shape index (κ3) is 10.6. The molecule has 6 aromatic carbocycles. The van der Waals surface area contributed by atoms with Crippen LogP contribution in [0.15, 0.2) is 109 Å². The van der Waals surface area contributed by atoms with Crippen molar-refractivity contribution >= 4 is 53.2 Å². The Morgan fingerprint density at radius 3 is 1.11 bits per heavy atom. The SMILES string of the molecule is CCCc1ccc(-c2cccc3[cH-]c(CC4C5CC6CC(C5)CC4C6)cc23)cc1.CCCc1ccc(-c2cccc3[cH-]c(CC4C5CC6CC(C5)CC4C6)cc23)cc1.Cl.Cl.[CH3-].[CH3-].[Si]=[Zr]. The number of benzene rings is 4. The zero-order valence-electron chi connectivity index (χ0n) is 39.3. The van der Waals surface area contributed by atoms with E-state index in [1.54, 1.807) is 24.0 Å². The van der Waals surface area contributed by atoms with Gasteiger partial charge in [-0.1, -0.05) is 98.5 Å². The molecule has 4 heteroatoms. The van der Waals surface area contributed by atoms with E-state index in [-0.39, 0.29) is 39.7 Å². The molecule has 8 fully saturated rings. The van der Waals surface area contributed by atoms with Crippen LogP contribution in [0.5, 0.6) is 0 Å². The molecule has 2 radical (unpaired) electrons. The molecule has 64 heavy (non-hydrogen) atoms. The van der Waals surface area contributed by atoms with E-state index in [2.05, 4.69) is 130 Å². The van der Waals surface area contributed by atoms with Crippen LogP contribution in [0.1, 0.15) is 113 Å². The first-order chi connectivity index (χ1) is 29.5. The minimum absolute atomic E-state index is 0. The van der Waals surface area contributed by atoms with Crippen LogP contribution >= 0.6 is 24.8 Å². The molecule has 14 rings (SSSR count). The summed E-state index contributed by atoms with van der Waals surface area (Å²) in [6.45, 7) is 7.57. The van der Waals surface area contributed by atoms with Gasteiger partial charge in [0.15, 0.2) is 0 Å². The molecule has 0 aliphatic heterocycles. The third-order valence-corrected chi connectivity index (χ3v) is 17.0. The molecule has 8 aliphatic carbocycles. The standard InChI is InChI=1S/2C29H33.2CH3.2ClH.Si.Zr/c2*1-2-4-19-7-9-23(10-8-19)27-6-3-5-24-12-22(18-29(24)27)17-28-25-13-20-11-21(15-25)16-26(28)14-20;;;;;;/h2*3,5-10,12,18,20-21,25-26,28H,2,4,11,13-17H2,1H3;2*1H3;2*1H;;/q4*-1;;;;. The van der Waals surface area contributed by atoms with Gasteiger partial charge in [0.2, 0.25) is 0 Å². The number of hydrogen-bond donors (Lipinski definition) is 0. The van der Waals surface area contributed by atoms with Crippen LogP contribution in [0.4, 0.5) is 0 Å². The monoisotopic (exact) mass is 982 g/mol. The Morgan fingerprint density at radius 1 is 0.469 bits per heavy atom. The fourth-order valence-electron chi connectivity index (χ4n) is 14.9. The molecule has 340 valence electrons. The van der Waals surface area contributed by atoms with Gasteiger partial charge in [-0.15, -0.1) is 93.9 Å². The van der Waals surface area contributed by atoms with E-state index in [1.807, 2.05) is 0 Å². The summed E-state index contributed by atoms with van der Waals surface area (Å²) in [6, 6.07) is 42.3. The zero-order chi connectivity index (χ0) is 40.7. The molecule has 8 aliphatic rings. The normalized spacial score (nSPS) is 27.5. The summed E-state index contributed by atoms with van der Waals surface area (Å²) in [7, 11) is 0. The first-order valence-electron chi connectivity index (χ1n) is 24.3. The summed E-state index contributed by atoms with van der Waals surface area (Å²) in [5.41, 5.74) is 11.6. The van der Waals surface area contributed by atoms with Gasteiger partial charge in [0.25, 0.3) is 0 Å². The van der Waals surface area contributed by atoms with Crippen molar-refractivity contribution in [1.82, 2.24) is 0 Å². The van der Waals surface area contributed by atoms with Crippen LogP contribution in [0, 0.1) is 74.0 Å². The number of hydrogen-bond acceptors (Lipinski definition) is 0. The minimum atomic E-state index is 0. The molecule has 8 bridgehead atoms. The summed E-state index contributed by atoms with van der Waals surface area (Å²) < 4.78 is 0. The summed E-state index contributed by atoms with van der Waals surface area (Å²) in [5, 5.41) is 5.77. The van der Waals surface area contributed by atoms with Crippen molar-refractivity contribution in [1.29, 1.82) is 0 Å². The second kappa shape index (κ2) is 22.7. The molecule has 0 nitrogen and oxygen atoms in total. The van der Waals surface area contributed by atoms with Crippen molar-refractivity contribution in [3.63, 3.8) is 0 Å². The van der Waals surface area contributed by atoms with Gasteiger partial charge in [-0.05, 0) is 171 Å². The topological polar surface area (TPSA) is 0 Å². The van der Waals surface area contributed by atoms with Crippen molar-refractivity contribution < 1.29 is 23.3 Å². The Morgan fingerprint density at radius 2 is 0.797 bits per heavy atom. The molecule has 6 aromatic rings. The Hall–Kier alpha value is -2.22. The number of halogens is 2. The van der Waals surface area contributed by atoms with E-state index < -0.39 is 0 Å². The van der Waals surface area contributed by atoms with Gasteiger partial charge in [0.1, 0.15) is 0 Å². The molecule has 0 heterocycles. The van der Waals surface area contributed by atoms with Crippen LogP contribution < -0.4 is 0 Å². The Balaban J connectivity index is 0.000000193. The zero-order valence-corrected chi connectivity index (χ0v) is 44.4. The van der Waals surface area contributed by atoms with E-state index in [9.17, 15) is 0 Å². The second-order valence-corrected chi connectivity index (χ2v) is 20.8. The van der Waals surface area contributed by atoms with Gasteiger partial charge in [-0.2, -0.15) is 12.1 Å². The Labute approximate surface area is 417 Å². The molecular weight excluding hydrogens is 911 g/mol. The molecule has 0 aromatic heterocycles. The van der Waals surface area contributed by atoms with Crippen molar-refractivity contribution in [3.8, 4) is 22.3 Å². The predicted octanol–water partition coefficient (Wildman–Crippen LogP) is 16.9. The molecule has 0 spiro atoms. The molecule has 8 saturated carbocycles. The van der Waals surface area contributed by atoms with E-state index in [4.69, 9.17) is 0 Å².